The van der Waals surface area contributed by atoms with Gasteiger partial charge in [-0.3, -0.25) is 4.90 Å². The van der Waals surface area contributed by atoms with Crippen molar-refractivity contribution in [1.82, 2.24) is 0 Å². The van der Waals surface area contributed by atoms with Crippen LogP contribution in [0.4, 0.5) is 16.2 Å². The summed E-state index contributed by atoms with van der Waals surface area (Å²) in [5.41, 5.74) is 0.536. The first-order chi connectivity index (χ1) is 12.3. The maximum Gasteiger partial charge on any atom is 0.342 e. The Morgan fingerprint density at radius 3 is 2.19 bits per heavy atom. The van der Waals surface area contributed by atoms with E-state index in [9.17, 15) is 13.2 Å². The first-order valence-corrected chi connectivity index (χ1v) is 9.47. The minimum Gasteiger partial charge on any atom is -0.497 e. The maximum absolute atomic E-state index is 13.1. The minimum absolute atomic E-state index is 0.0477. The van der Waals surface area contributed by atoms with Crippen LogP contribution < -0.4 is 18.7 Å². The predicted molar refractivity (Wildman–Crippen MR) is 98.7 cm³/mol. The highest BCUT2D eigenvalue weighted by molar-refractivity contribution is 7.94. The van der Waals surface area contributed by atoms with Gasteiger partial charge in [-0.1, -0.05) is 0 Å². The number of carbonyl (C=O) groups is 1. The lowest BCUT2D eigenvalue weighted by Gasteiger charge is -2.34. The van der Waals surface area contributed by atoms with Crippen LogP contribution >= 0.6 is 0 Å². The van der Waals surface area contributed by atoms with Crippen molar-refractivity contribution in [3.8, 4) is 11.5 Å². The van der Waals surface area contributed by atoms with Gasteiger partial charge < -0.3 is 9.47 Å². The molecule has 3 rings (SSSR count). The summed E-state index contributed by atoms with van der Waals surface area (Å²) in [6, 6.07) is 10.2. The van der Waals surface area contributed by atoms with Gasteiger partial charge in [-0.05, 0) is 50.2 Å². The van der Waals surface area contributed by atoms with Crippen LogP contribution in [0, 0.1) is 0 Å². The molecule has 1 aliphatic rings. The highest BCUT2D eigenvalue weighted by Gasteiger charge is 2.41. The fourth-order valence-corrected chi connectivity index (χ4v) is 4.35. The summed E-state index contributed by atoms with van der Waals surface area (Å²) in [6.45, 7) is 3.74. The van der Waals surface area contributed by atoms with Gasteiger partial charge in [0, 0.05) is 13.1 Å². The van der Waals surface area contributed by atoms with Gasteiger partial charge in [0.1, 0.15) is 16.4 Å². The summed E-state index contributed by atoms with van der Waals surface area (Å²) in [4.78, 5) is 14.1. The molecule has 0 spiro atoms. The summed E-state index contributed by atoms with van der Waals surface area (Å²) < 4.78 is 37.6. The Labute approximate surface area is 152 Å². The third-order valence-electron chi connectivity index (χ3n) is 3.95. The Kier molecular flexibility index (Phi) is 4.53. The van der Waals surface area contributed by atoms with Crippen molar-refractivity contribution in [2.45, 2.75) is 24.8 Å². The molecule has 138 valence electrons. The number of anilines is 2. The molecule has 0 aromatic heterocycles. The molecule has 2 amide bonds. The van der Waals surface area contributed by atoms with E-state index >= 15 is 0 Å². The lowest BCUT2D eigenvalue weighted by Crippen LogP contribution is -2.49. The van der Waals surface area contributed by atoms with E-state index in [1.54, 1.807) is 24.3 Å². The third-order valence-corrected chi connectivity index (χ3v) is 5.70. The number of ether oxygens (including phenoxy) is 2. The number of hydrogen-bond donors (Lipinski definition) is 0. The Morgan fingerprint density at radius 1 is 1.00 bits per heavy atom. The fraction of sp³-hybridized carbons (Fsp3) is 0.278. The largest absolute Gasteiger partial charge is 0.497 e. The quantitative estimate of drug-likeness (QED) is 0.819. The van der Waals surface area contributed by atoms with Gasteiger partial charge in [0.05, 0.1) is 24.6 Å². The Hall–Kier alpha value is -2.74. The number of urea groups is 1. The van der Waals surface area contributed by atoms with E-state index in [4.69, 9.17) is 9.47 Å². The molecule has 7 nitrogen and oxygen atoms in total. The molecule has 1 aliphatic heterocycles. The average molecular weight is 376 g/mol. The van der Waals surface area contributed by atoms with Crippen LogP contribution in [0.5, 0.6) is 11.5 Å². The molecule has 0 aliphatic carbocycles. The lowest BCUT2D eigenvalue weighted by molar-refractivity contribution is 0.242. The fourth-order valence-electron chi connectivity index (χ4n) is 2.73. The van der Waals surface area contributed by atoms with E-state index in [0.717, 1.165) is 4.31 Å². The number of hydrogen-bond acceptors (Lipinski definition) is 5. The molecule has 0 N–H and O–H groups in total. The Bertz CT molecular complexity index is 939. The first-order valence-electron chi connectivity index (χ1n) is 8.03. The molecular weight excluding hydrogens is 356 g/mol. The summed E-state index contributed by atoms with van der Waals surface area (Å²) in [6.07, 6.45) is -0.0648. The van der Waals surface area contributed by atoms with Crippen LogP contribution in [0.3, 0.4) is 0 Å². The summed E-state index contributed by atoms with van der Waals surface area (Å²) in [5, 5.41) is 0. The normalized spacial score (nSPS) is 15.8. The van der Waals surface area contributed by atoms with Crippen LogP contribution in [0.15, 0.2) is 47.4 Å². The Morgan fingerprint density at radius 2 is 1.62 bits per heavy atom. The molecule has 0 saturated carbocycles. The number of carbonyl (C=O) groups excluding carboxylic acids is 1. The molecule has 0 fully saturated rings. The van der Waals surface area contributed by atoms with Crippen LogP contribution in [0.25, 0.3) is 0 Å². The minimum atomic E-state index is -4.04. The maximum atomic E-state index is 13.1. The van der Waals surface area contributed by atoms with Crippen molar-refractivity contribution in [3.05, 3.63) is 42.5 Å². The van der Waals surface area contributed by atoms with E-state index in [2.05, 4.69) is 0 Å². The van der Waals surface area contributed by atoms with Crippen molar-refractivity contribution >= 4 is 27.4 Å². The lowest BCUT2D eigenvalue weighted by atomic mass is 10.2. The average Bonchev–Trinajstić information content (AvgIpc) is 2.60. The highest BCUT2D eigenvalue weighted by Crippen LogP contribution is 2.38. The second-order valence-corrected chi connectivity index (χ2v) is 7.86. The molecule has 8 heteroatoms. The van der Waals surface area contributed by atoms with Crippen molar-refractivity contribution in [2.24, 2.45) is 0 Å². The van der Waals surface area contributed by atoms with Crippen LogP contribution in [0.1, 0.15) is 13.8 Å². The van der Waals surface area contributed by atoms with Crippen molar-refractivity contribution < 1.29 is 22.7 Å². The van der Waals surface area contributed by atoms with E-state index in [0.29, 0.717) is 11.5 Å². The van der Waals surface area contributed by atoms with Gasteiger partial charge in [0.25, 0.3) is 10.0 Å². The van der Waals surface area contributed by atoms with E-state index in [1.807, 2.05) is 13.8 Å². The van der Waals surface area contributed by atoms with Gasteiger partial charge >= 0.3 is 6.03 Å². The van der Waals surface area contributed by atoms with Crippen molar-refractivity contribution in [1.29, 1.82) is 0 Å². The third kappa shape index (κ3) is 2.96. The number of rotatable bonds is 4. The summed E-state index contributed by atoms with van der Waals surface area (Å²) >= 11 is 0. The van der Waals surface area contributed by atoms with E-state index in [1.165, 1.54) is 37.3 Å². The molecule has 26 heavy (non-hydrogen) atoms. The van der Waals surface area contributed by atoms with Gasteiger partial charge in [-0.15, -0.1) is 0 Å². The second kappa shape index (κ2) is 6.53. The summed E-state index contributed by atoms with van der Waals surface area (Å²) in [5.74, 6) is 1.08. The standard InChI is InChI=1S/C18H20N2O5S/c1-12(2)25-15-9-10-17-16(11-15)19(3)18(21)20(26(17,22)23)13-5-7-14(24-4)8-6-13/h5-12H,1-4H3. The van der Waals surface area contributed by atoms with Crippen molar-refractivity contribution in [3.63, 3.8) is 0 Å². The van der Waals surface area contributed by atoms with Gasteiger partial charge in [0.15, 0.2) is 0 Å². The number of methoxy groups -OCH3 is 1. The SMILES string of the molecule is COc1ccc(N2C(=O)N(C)c3cc(OC(C)C)ccc3S2(=O)=O)cc1. The molecule has 0 unspecified atom stereocenters. The van der Waals surface area contributed by atoms with Crippen molar-refractivity contribution in [2.75, 3.05) is 23.4 Å². The topological polar surface area (TPSA) is 76.2 Å². The number of fused-ring (bicyclic) bond motifs is 1. The molecule has 0 radical (unpaired) electrons. The monoisotopic (exact) mass is 376 g/mol. The number of sulfonamides is 1. The zero-order valence-electron chi connectivity index (χ0n) is 15.0. The molecule has 1 heterocycles. The van der Waals surface area contributed by atoms with Gasteiger partial charge in [-0.2, -0.15) is 4.31 Å². The second-order valence-electron chi connectivity index (χ2n) is 6.11. The van der Waals surface area contributed by atoms with Crippen LogP contribution in [-0.4, -0.2) is 34.7 Å². The first kappa shape index (κ1) is 18.1. The predicted octanol–water partition coefficient (Wildman–Crippen LogP) is 3.25. The zero-order chi connectivity index (χ0) is 19.1. The van der Waals surface area contributed by atoms with Gasteiger partial charge in [0.2, 0.25) is 0 Å². The van der Waals surface area contributed by atoms with E-state index in [-0.39, 0.29) is 22.4 Å². The number of benzene rings is 2. The number of amides is 2. The number of nitrogens with zero attached hydrogens (tertiary/aromatic N) is 2. The van der Waals surface area contributed by atoms with E-state index < -0.39 is 16.1 Å². The molecule has 0 bridgehead atoms. The molecule has 2 aromatic carbocycles. The molecule has 2 aromatic rings. The van der Waals surface area contributed by atoms with Crippen LogP contribution in [0.2, 0.25) is 0 Å². The van der Waals surface area contributed by atoms with Gasteiger partial charge in [-0.25, -0.2) is 13.2 Å². The summed E-state index contributed by atoms with van der Waals surface area (Å²) in [7, 11) is -0.991. The van der Waals surface area contributed by atoms with Crippen LogP contribution in [-0.2, 0) is 10.0 Å². The molecule has 0 atom stereocenters. The molecular formula is C18H20N2O5S. The Balaban J connectivity index is 2.10. The zero-order valence-corrected chi connectivity index (χ0v) is 15.8. The highest BCUT2D eigenvalue weighted by atomic mass is 32.2. The smallest absolute Gasteiger partial charge is 0.342 e. The molecule has 0 saturated heterocycles.